The Bertz CT molecular complexity index is 511. The fourth-order valence-electron chi connectivity index (χ4n) is 5.56. The normalized spacial score (nSPS) is 59.2. The number of epoxide rings is 2. The predicted octanol–water partition coefficient (Wildman–Crippen LogP) is 2.48. The van der Waals surface area contributed by atoms with Crippen molar-refractivity contribution in [3.63, 3.8) is 0 Å². The van der Waals surface area contributed by atoms with Gasteiger partial charge in [-0.25, -0.2) is 4.79 Å². The highest BCUT2D eigenvalue weighted by molar-refractivity contribution is 5.67. The lowest BCUT2D eigenvalue weighted by Crippen LogP contribution is -2.71. The molecule has 3 aliphatic heterocycles. The first kappa shape index (κ1) is 12.7. The van der Waals surface area contributed by atoms with Crippen molar-refractivity contribution in [1.82, 2.24) is 0 Å². The number of carbonyl (C=O) groups excluding carboxylic acids is 1. The second-order valence-corrected chi connectivity index (χ2v) is 7.90. The summed E-state index contributed by atoms with van der Waals surface area (Å²) in [6.07, 6.45) is 3.64. The molecule has 5 nitrogen and oxygen atoms in total. The van der Waals surface area contributed by atoms with Crippen molar-refractivity contribution in [2.75, 3.05) is 0 Å². The van der Waals surface area contributed by atoms with Gasteiger partial charge in [0, 0.05) is 0 Å². The van der Waals surface area contributed by atoms with E-state index in [1.165, 1.54) is 0 Å². The molecule has 3 heterocycles. The molecular weight excluding hydrogens is 272 g/mol. The van der Waals surface area contributed by atoms with Crippen LogP contribution in [-0.2, 0) is 18.9 Å². The van der Waals surface area contributed by atoms with Crippen LogP contribution in [0.15, 0.2) is 0 Å². The Balaban J connectivity index is 1.55. The van der Waals surface area contributed by atoms with Gasteiger partial charge >= 0.3 is 6.16 Å². The number of rotatable bonds is 1. The van der Waals surface area contributed by atoms with Crippen LogP contribution >= 0.6 is 0 Å². The van der Waals surface area contributed by atoms with Gasteiger partial charge in [-0.2, -0.15) is 0 Å². The fraction of sp³-hybridized carbons (Fsp3) is 0.938. The maximum Gasteiger partial charge on any atom is 0.515 e. The molecule has 5 aliphatic rings. The molecule has 8 unspecified atom stereocenters. The van der Waals surface area contributed by atoms with Crippen LogP contribution in [0.2, 0.25) is 0 Å². The first-order valence-corrected chi connectivity index (χ1v) is 8.18. The Labute approximate surface area is 124 Å². The van der Waals surface area contributed by atoms with Crippen LogP contribution in [-0.4, -0.2) is 36.4 Å². The predicted molar refractivity (Wildman–Crippen MR) is 71.4 cm³/mol. The summed E-state index contributed by atoms with van der Waals surface area (Å²) < 4.78 is 22.8. The van der Waals surface area contributed by atoms with E-state index < -0.39 is 11.9 Å². The van der Waals surface area contributed by atoms with Gasteiger partial charge in [0.25, 0.3) is 5.79 Å². The van der Waals surface area contributed by atoms with Gasteiger partial charge < -0.3 is 18.9 Å². The van der Waals surface area contributed by atoms with Gasteiger partial charge in [-0.05, 0) is 37.0 Å². The van der Waals surface area contributed by atoms with Gasteiger partial charge in [-0.3, -0.25) is 0 Å². The monoisotopic (exact) mass is 294 g/mol. The Morgan fingerprint density at radius 1 is 1.00 bits per heavy atom. The van der Waals surface area contributed by atoms with E-state index in [0.29, 0.717) is 30.0 Å². The lowest BCUT2D eigenvalue weighted by Gasteiger charge is -2.59. The molecule has 0 amide bonds. The molecule has 5 rings (SSSR count). The molecule has 0 aromatic rings. The third-order valence-corrected chi connectivity index (χ3v) is 7.02. The van der Waals surface area contributed by atoms with E-state index in [2.05, 4.69) is 20.8 Å². The fourth-order valence-corrected chi connectivity index (χ4v) is 5.56. The van der Waals surface area contributed by atoms with E-state index in [-0.39, 0.29) is 17.6 Å². The average Bonchev–Trinajstić information content (AvgIpc) is 3.27. The second kappa shape index (κ2) is 3.57. The van der Waals surface area contributed by atoms with Crippen LogP contribution in [0.1, 0.15) is 40.0 Å². The molecule has 0 aromatic carbocycles. The molecule has 3 saturated heterocycles. The van der Waals surface area contributed by atoms with Crippen molar-refractivity contribution in [3.05, 3.63) is 0 Å². The summed E-state index contributed by atoms with van der Waals surface area (Å²) >= 11 is 0. The van der Waals surface area contributed by atoms with E-state index >= 15 is 0 Å². The van der Waals surface area contributed by atoms with Gasteiger partial charge in [-0.15, -0.1) is 0 Å². The van der Waals surface area contributed by atoms with E-state index in [9.17, 15) is 4.79 Å². The molecule has 116 valence electrons. The van der Waals surface area contributed by atoms with Crippen molar-refractivity contribution in [3.8, 4) is 0 Å². The molecule has 21 heavy (non-hydrogen) atoms. The lowest BCUT2D eigenvalue weighted by molar-refractivity contribution is -0.362. The average molecular weight is 294 g/mol. The summed E-state index contributed by atoms with van der Waals surface area (Å²) in [5.41, 5.74) is -0.199. The van der Waals surface area contributed by atoms with E-state index in [4.69, 9.17) is 18.9 Å². The summed E-state index contributed by atoms with van der Waals surface area (Å²) in [7, 11) is 0. The standard InChI is InChI=1S/C16H22O5/c1-7-4-10-11(18-10)6-9(7)15(3)8(2)5-12-13(19-12)16(15)20-14(17)21-16/h7-13H,4-6H2,1-3H3. The summed E-state index contributed by atoms with van der Waals surface area (Å²) in [6.45, 7) is 6.79. The molecule has 0 aromatic heterocycles. The highest BCUT2D eigenvalue weighted by Gasteiger charge is 2.80. The van der Waals surface area contributed by atoms with Crippen molar-refractivity contribution >= 4 is 6.16 Å². The highest BCUT2D eigenvalue weighted by Crippen LogP contribution is 2.67. The van der Waals surface area contributed by atoms with Crippen LogP contribution in [0.25, 0.3) is 0 Å². The molecule has 1 spiro atoms. The minimum absolute atomic E-state index is 0.0681. The third kappa shape index (κ3) is 1.38. The summed E-state index contributed by atoms with van der Waals surface area (Å²) in [6, 6.07) is 0. The van der Waals surface area contributed by atoms with Crippen LogP contribution in [0.3, 0.4) is 0 Å². The van der Waals surface area contributed by atoms with Gasteiger partial charge in [-0.1, -0.05) is 20.8 Å². The Morgan fingerprint density at radius 3 is 2.43 bits per heavy atom. The highest BCUT2D eigenvalue weighted by atomic mass is 16.9. The number of carbonyl (C=O) groups is 1. The van der Waals surface area contributed by atoms with Crippen LogP contribution < -0.4 is 0 Å². The van der Waals surface area contributed by atoms with Crippen molar-refractivity contribution in [2.45, 2.75) is 70.2 Å². The largest absolute Gasteiger partial charge is 0.515 e. The smallest absolute Gasteiger partial charge is 0.387 e. The number of fused-ring (bicyclic) bond motifs is 3. The molecular formula is C16H22O5. The van der Waals surface area contributed by atoms with Crippen molar-refractivity contribution < 1.29 is 23.7 Å². The summed E-state index contributed by atoms with van der Waals surface area (Å²) in [5, 5.41) is 0. The van der Waals surface area contributed by atoms with Crippen molar-refractivity contribution in [1.29, 1.82) is 0 Å². The maximum absolute atomic E-state index is 11.4. The first-order chi connectivity index (χ1) is 9.95. The van der Waals surface area contributed by atoms with Gasteiger partial charge in [0.2, 0.25) is 0 Å². The van der Waals surface area contributed by atoms with Crippen LogP contribution in [0.4, 0.5) is 4.79 Å². The number of hydrogen-bond acceptors (Lipinski definition) is 5. The Kier molecular flexibility index (Phi) is 2.16. The minimum Gasteiger partial charge on any atom is -0.387 e. The molecule has 0 radical (unpaired) electrons. The lowest BCUT2D eigenvalue weighted by atomic mass is 9.52. The van der Waals surface area contributed by atoms with E-state index in [1.807, 2.05) is 0 Å². The van der Waals surface area contributed by atoms with Gasteiger partial charge in [0.15, 0.2) is 6.10 Å². The van der Waals surface area contributed by atoms with E-state index in [0.717, 1.165) is 19.3 Å². The van der Waals surface area contributed by atoms with Gasteiger partial charge in [0.1, 0.15) is 0 Å². The molecule has 2 saturated carbocycles. The molecule has 8 atom stereocenters. The molecule has 0 bridgehead atoms. The first-order valence-electron chi connectivity index (χ1n) is 8.18. The minimum atomic E-state index is -0.854. The Morgan fingerprint density at radius 2 is 1.71 bits per heavy atom. The topological polar surface area (TPSA) is 60.6 Å². The molecule has 0 N–H and O–H groups in total. The summed E-state index contributed by atoms with van der Waals surface area (Å²) in [5.74, 6) is 0.537. The zero-order valence-electron chi connectivity index (χ0n) is 12.7. The van der Waals surface area contributed by atoms with Crippen LogP contribution in [0.5, 0.6) is 0 Å². The zero-order chi connectivity index (χ0) is 14.6. The maximum atomic E-state index is 11.4. The van der Waals surface area contributed by atoms with Crippen molar-refractivity contribution in [2.24, 2.45) is 23.2 Å². The third-order valence-electron chi connectivity index (χ3n) is 7.02. The van der Waals surface area contributed by atoms with E-state index in [1.54, 1.807) is 0 Å². The number of ether oxygens (including phenoxy) is 4. The second-order valence-electron chi connectivity index (χ2n) is 7.90. The summed E-state index contributed by atoms with van der Waals surface area (Å²) in [4.78, 5) is 11.4. The SMILES string of the molecule is CC1CC2OC2CC1C1(C)C(C)CC2OC2C12OC(=O)O2. The number of hydrogen-bond donors (Lipinski definition) is 0. The van der Waals surface area contributed by atoms with Gasteiger partial charge in [0.05, 0.1) is 23.7 Å². The Hall–Kier alpha value is -0.810. The zero-order valence-corrected chi connectivity index (χ0v) is 12.7. The molecule has 5 heteroatoms. The molecule has 2 aliphatic carbocycles. The molecule has 5 fully saturated rings. The quantitative estimate of drug-likeness (QED) is 0.549. The van der Waals surface area contributed by atoms with Crippen LogP contribution in [0, 0.1) is 23.2 Å².